The molecular formula is C26H27N9O. The molecule has 5 aromatic rings. The second-order valence-electron chi connectivity index (χ2n) is 9.23. The van der Waals surface area contributed by atoms with Crippen molar-refractivity contribution in [3.63, 3.8) is 0 Å². The summed E-state index contributed by atoms with van der Waals surface area (Å²) in [7, 11) is 1.91. The van der Waals surface area contributed by atoms with Crippen LogP contribution in [-0.2, 0) is 12.6 Å². The number of piperazine rings is 1. The number of aliphatic hydroxyl groups is 1. The van der Waals surface area contributed by atoms with Crippen LogP contribution in [0.15, 0.2) is 73.7 Å². The molecule has 0 spiro atoms. The zero-order valence-corrected chi connectivity index (χ0v) is 20.2. The van der Waals surface area contributed by atoms with Crippen molar-refractivity contribution in [2.45, 2.75) is 12.5 Å². The second-order valence-corrected chi connectivity index (χ2v) is 9.23. The minimum Gasteiger partial charge on any atom is -0.381 e. The summed E-state index contributed by atoms with van der Waals surface area (Å²) in [6.07, 6.45) is 10.9. The largest absolute Gasteiger partial charge is 0.381 e. The molecule has 1 aliphatic heterocycles. The summed E-state index contributed by atoms with van der Waals surface area (Å²) in [4.78, 5) is 18.2. The van der Waals surface area contributed by atoms with Gasteiger partial charge >= 0.3 is 0 Å². The van der Waals surface area contributed by atoms with E-state index in [4.69, 9.17) is 0 Å². The van der Waals surface area contributed by atoms with Crippen molar-refractivity contribution in [1.29, 1.82) is 0 Å². The summed E-state index contributed by atoms with van der Waals surface area (Å²) in [5.41, 5.74) is 3.39. The summed E-state index contributed by atoms with van der Waals surface area (Å²) < 4.78 is 3.66. The Hall–Kier alpha value is -4.31. The van der Waals surface area contributed by atoms with E-state index in [9.17, 15) is 5.11 Å². The Morgan fingerprint density at radius 3 is 2.22 bits per heavy atom. The van der Waals surface area contributed by atoms with E-state index >= 15 is 0 Å². The summed E-state index contributed by atoms with van der Waals surface area (Å²) in [6, 6.07) is 11.7. The van der Waals surface area contributed by atoms with Crippen LogP contribution in [0.1, 0.15) is 18.1 Å². The fourth-order valence-corrected chi connectivity index (χ4v) is 4.67. The highest BCUT2D eigenvalue weighted by Crippen LogP contribution is 2.29. The molecule has 10 heteroatoms. The van der Waals surface area contributed by atoms with Crippen molar-refractivity contribution in [2.75, 3.05) is 36.0 Å². The maximum Gasteiger partial charge on any atom is 0.225 e. The number of aryl methyl sites for hydroxylation is 1. The molecule has 36 heavy (non-hydrogen) atoms. The smallest absolute Gasteiger partial charge is 0.225 e. The third kappa shape index (κ3) is 3.95. The van der Waals surface area contributed by atoms with E-state index in [0.29, 0.717) is 11.5 Å². The average Bonchev–Trinajstić information content (AvgIpc) is 3.55. The lowest BCUT2D eigenvalue weighted by Crippen LogP contribution is -2.47. The van der Waals surface area contributed by atoms with Gasteiger partial charge in [-0.05, 0) is 18.6 Å². The van der Waals surface area contributed by atoms with Crippen molar-refractivity contribution < 1.29 is 5.11 Å². The molecule has 1 aliphatic rings. The molecule has 1 aromatic carbocycles. The summed E-state index contributed by atoms with van der Waals surface area (Å²) in [5, 5.41) is 19.7. The van der Waals surface area contributed by atoms with Crippen molar-refractivity contribution in [1.82, 2.24) is 34.3 Å². The molecular weight excluding hydrogens is 454 g/mol. The molecule has 0 saturated carbocycles. The molecule has 1 saturated heterocycles. The average molecular weight is 482 g/mol. The molecule has 0 aliphatic carbocycles. The van der Waals surface area contributed by atoms with Gasteiger partial charge in [0.2, 0.25) is 5.95 Å². The van der Waals surface area contributed by atoms with Gasteiger partial charge in [0, 0.05) is 74.7 Å². The first-order valence-electron chi connectivity index (χ1n) is 11.9. The molecule has 10 nitrogen and oxygen atoms in total. The summed E-state index contributed by atoms with van der Waals surface area (Å²) >= 11 is 0. The van der Waals surface area contributed by atoms with E-state index in [0.717, 1.165) is 54.2 Å². The van der Waals surface area contributed by atoms with Gasteiger partial charge < -0.3 is 14.9 Å². The van der Waals surface area contributed by atoms with Gasteiger partial charge in [-0.1, -0.05) is 30.3 Å². The Labute approximate surface area is 208 Å². The van der Waals surface area contributed by atoms with Gasteiger partial charge in [0.05, 0.1) is 6.20 Å². The Morgan fingerprint density at radius 1 is 0.806 bits per heavy atom. The summed E-state index contributed by atoms with van der Waals surface area (Å²) in [5.74, 6) is 1.58. The number of rotatable bonds is 5. The zero-order valence-electron chi connectivity index (χ0n) is 20.2. The van der Waals surface area contributed by atoms with Gasteiger partial charge in [-0.15, -0.1) is 0 Å². The van der Waals surface area contributed by atoms with E-state index in [-0.39, 0.29) is 0 Å². The van der Waals surface area contributed by atoms with Crippen LogP contribution in [0.2, 0.25) is 0 Å². The van der Waals surface area contributed by atoms with Crippen LogP contribution in [0.3, 0.4) is 0 Å². The van der Waals surface area contributed by atoms with E-state index in [1.807, 2.05) is 60.5 Å². The molecule has 6 rings (SSSR count). The Balaban J connectivity index is 1.17. The zero-order chi connectivity index (χ0) is 24.7. The highest BCUT2D eigenvalue weighted by Gasteiger charge is 2.27. The number of anilines is 2. The monoisotopic (exact) mass is 481 g/mol. The molecule has 5 heterocycles. The first-order valence-corrected chi connectivity index (χ1v) is 11.9. The van der Waals surface area contributed by atoms with E-state index < -0.39 is 5.60 Å². The predicted octanol–water partition coefficient (Wildman–Crippen LogP) is 2.50. The molecule has 0 radical (unpaired) electrons. The minimum atomic E-state index is -1.15. The fraction of sp³-hybridized carbons (Fsp3) is 0.269. The van der Waals surface area contributed by atoms with Crippen LogP contribution in [0.5, 0.6) is 0 Å². The van der Waals surface area contributed by atoms with Crippen molar-refractivity contribution in [3.8, 4) is 11.1 Å². The van der Waals surface area contributed by atoms with E-state index in [1.54, 1.807) is 30.3 Å². The highest BCUT2D eigenvalue weighted by molar-refractivity contribution is 5.77. The van der Waals surface area contributed by atoms with E-state index in [1.165, 1.54) is 0 Å². The number of hydrogen-bond acceptors (Lipinski definition) is 8. The van der Waals surface area contributed by atoms with Crippen molar-refractivity contribution in [3.05, 3.63) is 84.8 Å². The lowest BCUT2D eigenvalue weighted by atomic mass is 9.90. The van der Waals surface area contributed by atoms with Gasteiger partial charge in [0.1, 0.15) is 17.4 Å². The lowest BCUT2D eigenvalue weighted by molar-refractivity contribution is 0.101. The minimum absolute atomic E-state index is 0.664. The number of fused-ring (bicyclic) bond motifs is 1. The number of hydrogen-bond donors (Lipinski definition) is 1. The van der Waals surface area contributed by atoms with E-state index in [2.05, 4.69) is 41.0 Å². The third-order valence-corrected chi connectivity index (χ3v) is 6.82. The molecule has 1 N–H and O–H groups in total. The van der Waals surface area contributed by atoms with Crippen LogP contribution in [0, 0.1) is 0 Å². The molecule has 1 atom stereocenters. The quantitative estimate of drug-likeness (QED) is 0.409. The number of benzene rings is 1. The second kappa shape index (κ2) is 8.72. The van der Waals surface area contributed by atoms with Crippen molar-refractivity contribution in [2.24, 2.45) is 7.05 Å². The molecule has 0 amide bonds. The van der Waals surface area contributed by atoms with Crippen molar-refractivity contribution >= 4 is 17.3 Å². The van der Waals surface area contributed by atoms with Gasteiger partial charge in [-0.25, -0.2) is 19.5 Å². The Bertz CT molecular complexity index is 1480. The van der Waals surface area contributed by atoms with Gasteiger partial charge in [-0.2, -0.15) is 10.2 Å². The first kappa shape index (κ1) is 22.2. The maximum absolute atomic E-state index is 11.1. The van der Waals surface area contributed by atoms with Gasteiger partial charge in [0.25, 0.3) is 0 Å². The maximum atomic E-state index is 11.1. The van der Waals surface area contributed by atoms with Gasteiger partial charge in [-0.3, -0.25) is 4.68 Å². The topological polar surface area (TPSA) is 100 Å². The van der Waals surface area contributed by atoms with Crippen LogP contribution >= 0.6 is 0 Å². The van der Waals surface area contributed by atoms with Crippen LogP contribution in [0.4, 0.5) is 11.8 Å². The Kier molecular flexibility index (Phi) is 5.37. The molecule has 182 valence electrons. The standard InChI is InChI=1S/C26H27N9O/c1-26(36,21-6-4-3-5-7-21)22-14-27-25(28-15-22)34-10-8-33(9-11-34)24-23-12-19(17-35(23)31-18-29-24)20-13-30-32(2)16-20/h3-7,12-18,36H,8-11H2,1-2H3. The fourth-order valence-electron chi connectivity index (χ4n) is 4.67. The SMILES string of the molecule is Cn1cc(-c2cc3c(N4CCN(c5ncc(C(C)(O)c6ccccc6)cn5)CC4)ncnn3c2)cn1. The number of nitrogens with zero attached hydrogens (tertiary/aromatic N) is 9. The Morgan fingerprint density at radius 2 is 1.53 bits per heavy atom. The summed E-state index contributed by atoms with van der Waals surface area (Å²) in [6.45, 7) is 4.87. The molecule has 1 unspecified atom stereocenters. The first-order chi connectivity index (χ1) is 17.5. The normalized spacial score (nSPS) is 15.9. The molecule has 1 fully saturated rings. The third-order valence-electron chi connectivity index (χ3n) is 6.82. The van der Waals surface area contributed by atoms with Crippen LogP contribution < -0.4 is 9.80 Å². The number of aromatic nitrogens is 7. The highest BCUT2D eigenvalue weighted by atomic mass is 16.3. The molecule has 4 aromatic heterocycles. The molecule has 0 bridgehead atoms. The van der Waals surface area contributed by atoms with Crippen LogP contribution in [0.25, 0.3) is 16.6 Å². The van der Waals surface area contributed by atoms with Gasteiger partial charge in [0.15, 0.2) is 5.82 Å². The predicted molar refractivity (Wildman–Crippen MR) is 137 cm³/mol. The lowest BCUT2D eigenvalue weighted by Gasteiger charge is -2.35. The van der Waals surface area contributed by atoms with Crippen LogP contribution in [-0.4, -0.2) is 65.6 Å².